The molecule has 0 aromatic heterocycles. The highest BCUT2D eigenvalue weighted by molar-refractivity contribution is 5.89. The van der Waals surface area contributed by atoms with Gasteiger partial charge >= 0.3 is 5.97 Å². The fourth-order valence-electron chi connectivity index (χ4n) is 2.69. The van der Waals surface area contributed by atoms with Crippen LogP contribution in [0.5, 0.6) is 0 Å². The van der Waals surface area contributed by atoms with E-state index in [1.54, 1.807) is 0 Å². The lowest BCUT2D eigenvalue weighted by Gasteiger charge is -2.27. The number of carbonyl (C=O) groups excluding carboxylic acids is 1. The Hall–Kier alpha value is -1.35. The predicted octanol–water partition coefficient (Wildman–Crippen LogP) is 2.74. The molecule has 1 saturated carbocycles. The summed E-state index contributed by atoms with van der Waals surface area (Å²) in [5.41, 5.74) is 1.89. The van der Waals surface area contributed by atoms with E-state index in [1.807, 2.05) is 24.3 Å². The molecule has 98 valence electrons. The molecule has 0 unspecified atom stereocenters. The van der Waals surface area contributed by atoms with E-state index in [2.05, 4.69) is 4.74 Å². The third kappa shape index (κ3) is 2.91. The summed E-state index contributed by atoms with van der Waals surface area (Å²) >= 11 is 0. The van der Waals surface area contributed by atoms with Crippen molar-refractivity contribution in [3.8, 4) is 0 Å². The van der Waals surface area contributed by atoms with Gasteiger partial charge in [-0.1, -0.05) is 12.1 Å². The summed E-state index contributed by atoms with van der Waals surface area (Å²) in [5.74, 6) is 0.764. The number of methoxy groups -OCH3 is 1. The zero-order valence-corrected chi connectivity index (χ0v) is 10.8. The monoisotopic (exact) mass is 248 g/mol. The van der Waals surface area contributed by atoms with Crippen molar-refractivity contribution in [1.29, 1.82) is 0 Å². The summed E-state index contributed by atoms with van der Waals surface area (Å²) in [6.07, 6.45) is 4.45. The highest BCUT2D eigenvalue weighted by atomic mass is 16.5. The largest absolute Gasteiger partial charge is 0.465 e. The van der Waals surface area contributed by atoms with Crippen molar-refractivity contribution < 1.29 is 14.6 Å². The van der Waals surface area contributed by atoms with Crippen molar-refractivity contribution in [3.05, 3.63) is 35.4 Å². The van der Waals surface area contributed by atoms with E-state index >= 15 is 0 Å². The summed E-state index contributed by atoms with van der Waals surface area (Å²) in [6.45, 7) is 0.313. The van der Waals surface area contributed by atoms with Gasteiger partial charge in [-0.25, -0.2) is 4.79 Å². The van der Waals surface area contributed by atoms with Gasteiger partial charge in [0.25, 0.3) is 0 Å². The average molecular weight is 248 g/mol. The molecule has 0 atom stereocenters. The lowest BCUT2D eigenvalue weighted by Crippen LogP contribution is -2.16. The Morgan fingerprint density at radius 3 is 2.33 bits per heavy atom. The highest BCUT2D eigenvalue weighted by Gasteiger charge is 2.21. The first kappa shape index (κ1) is 13.1. The number of esters is 1. The smallest absolute Gasteiger partial charge is 0.337 e. The average Bonchev–Trinajstić information content (AvgIpc) is 2.47. The van der Waals surface area contributed by atoms with Crippen LogP contribution in [0.25, 0.3) is 0 Å². The van der Waals surface area contributed by atoms with Crippen LogP contribution in [0.1, 0.15) is 47.5 Å². The number of hydrogen-bond donors (Lipinski definition) is 1. The molecule has 1 aromatic carbocycles. The van der Waals surface area contributed by atoms with Crippen LogP contribution in [0.3, 0.4) is 0 Å². The van der Waals surface area contributed by atoms with Crippen molar-refractivity contribution in [2.75, 3.05) is 13.7 Å². The number of ether oxygens (including phenoxy) is 1. The molecule has 1 fully saturated rings. The topological polar surface area (TPSA) is 46.5 Å². The molecule has 0 heterocycles. The molecule has 1 aliphatic carbocycles. The fourth-order valence-corrected chi connectivity index (χ4v) is 2.69. The molecule has 0 aliphatic heterocycles. The molecule has 2 rings (SSSR count). The van der Waals surface area contributed by atoms with Gasteiger partial charge in [-0.3, -0.25) is 0 Å². The SMILES string of the molecule is COC(=O)c1ccc(C2CCC(CO)CC2)cc1. The van der Waals surface area contributed by atoms with E-state index < -0.39 is 0 Å². The lowest BCUT2D eigenvalue weighted by molar-refractivity contribution is 0.0600. The van der Waals surface area contributed by atoms with Gasteiger partial charge in [-0.05, 0) is 55.2 Å². The Kier molecular flexibility index (Phi) is 4.37. The first-order valence-corrected chi connectivity index (χ1v) is 6.53. The Balaban J connectivity index is 2.00. The van der Waals surface area contributed by atoms with E-state index in [9.17, 15) is 4.79 Å². The third-order valence-electron chi connectivity index (χ3n) is 3.91. The molecular weight excluding hydrogens is 228 g/mol. The van der Waals surface area contributed by atoms with Crippen molar-refractivity contribution in [1.82, 2.24) is 0 Å². The van der Waals surface area contributed by atoms with Crippen LogP contribution in [-0.4, -0.2) is 24.8 Å². The van der Waals surface area contributed by atoms with Gasteiger partial charge in [0.05, 0.1) is 12.7 Å². The van der Waals surface area contributed by atoms with Gasteiger partial charge in [-0.2, -0.15) is 0 Å². The Morgan fingerprint density at radius 1 is 1.22 bits per heavy atom. The maximum Gasteiger partial charge on any atom is 0.337 e. The van der Waals surface area contributed by atoms with Crippen LogP contribution < -0.4 is 0 Å². The maximum atomic E-state index is 11.3. The fraction of sp³-hybridized carbons (Fsp3) is 0.533. The maximum absolute atomic E-state index is 11.3. The van der Waals surface area contributed by atoms with Crippen molar-refractivity contribution in [3.63, 3.8) is 0 Å². The van der Waals surface area contributed by atoms with E-state index in [-0.39, 0.29) is 5.97 Å². The molecule has 0 spiro atoms. The van der Waals surface area contributed by atoms with Crippen molar-refractivity contribution >= 4 is 5.97 Å². The van der Waals surface area contributed by atoms with Crippen LogP contribution in [0.4, 0.5) is 0 Å². The number of aliphatic hydroxyl groups excluding tert-OH is 1. The first-order chi connectivity index (χ1) is 8.74. The van der Waals surface area contributed by atoms with Crippen LogP contribution >= 0.6 is 0 Å². The standard InChI is InChI=1S/C15H20O3/c1-18-15(17)14-8-6-13(7-9-14)12-4-2-11(10-16)3-5-12/h6-9,11-12,16H,2-5,10H2,1H3. The van der Waals surface area contributed by atoms with E-state index in [0.717, 1.165) is 25.7 Å². The van der Waals surface area contributed by atoms with Crippen LogP contribution in [0.15, 0.2) is 24.3 Å². The van der Waals surface area contributed by atoms with Gasteiger partial charge in [0.2, 0.25) is 0 Å². The number of rotatable bonds is 3. The molecule has 1 N–H and O–H groups in total. The minimum atomic E-state index is -0.287. The molecular formula is C15H20O3. The third-order valence-corrected chi connectivity index (χ3v) is 3.91. The van der Waals surface area contributed by atoms with Gasteiger partial charge in [0, 0.05) is 6.61 Å². The first-order valence-electron chi connectivity index (χ1n) is 6.53. The Morgan fingerprint density at radius 2 is 1.83 bits per heavy atom. The number of hydrogen-bond acceptors (Lipinski definition) is 3. The van der Waals surface area contributed by atoms with Crippen LogP contribution in [-0.2, 0) is 4.74 Å². The zero-order chi connectivity index (χ0) is 13.0. The van der Waals surface area contributed by atoms with Gasteiger partial charge in [-0.15, -0.1) is 0 Å². The molecule has 3 nitrogen and oxygen atoms in total. The van der Waals surface area contributed by atoms with E-state index in [1.165, 1.54) is 12.7 Å². The summed E-state index contributed by atoms with van der Waals surface area (Å²) in [6, 6.07) is 7.71. The predicted molar refractivity (Wildman–Crippen MR) is 69.6 cm³/mol. The second-order valence-corrected chi connectivity index (χ2v) is 5.01. The summed E-state index contributed by atoms with van der Waals surface area (Å²) in [7, 11) is 1.40. The molecule has 3 heteroatoms. The molecule has 0 radical (unpaired) electrons. The highest BCUT2D eigenvalue weighted by Crippen LogP contribution is 2.35. The normalized spacial score (nSPS) is 23.7. The van der Waals surface area contributed by atoms with Crippen LogP contribution in [0.2, 0.25) is 0 Å². The summed E-state index contributed by atoms with van der Waals surface area (Å²) in [4.78, 5) is 11.3. The second kappa shape index (κ2) is 6.01. The molecule has 1 aromatic rings. The summed E-state index contributed by atoms with van der Waals surface area (Å²) < 4.78 is 4.68. The summed E-state index contributed by atoms with van der Waals surface area (Å²) in [5, 5.41) is 9.12. The van der Waals surface area contributed by atoms with Gasteiger partial charge < -0.3 is 9.84 Å². The number of carbonyl (C=O) groups is 1. The molecule has 0 bridgehead atoms. The minimum absolute atomic E-state index is 0.287. The Bertz CT molecular complexity index is 389. The van der Waals surface area contributed by atoms with E-state index in [0.29, 0.717) is 24.0 Å². The Labute approximate surface area is 108 Å². The van der Waals surface area contributed by atoms with Gasteiger partial charge in [0.1, 0.15) is 0 Å². The van der Waals surface area contributed by atoms with Crippen molar-refractivity contribution in [2.45, 2.75) is 31.6 Å². The molecule has 0 saturated heterocycles. The zero-order valence-electron chi connectivity index (χ0n) is 10.8. The van der Waals surface area contributed by atoms with Gasteiger partial charge in [0.15, 0.2) is 0 Å². The van der Waals surface area contributed by atoms with E-state index in [4.69, 9.17) is 5.11 Å². The number of aliphatic hydroxyl groups is 1. The molecule has 1 aliphatic rings. The molecule has 18 heavy (non-hydrogen) atoms. The lowest BCUT2D eigenvalue weighted by atomic mass is 9.79. The second-order valence-electron chi connectivity index (χ2n) is 5.01. The van der Waals surface area contributed by atoms with Crippen LogP contribution in [0, 0.1) is 5.92 Å². The minimum Gasteiger partial charge on any atom is -0.465 e. The quantitative estimate of drug-likeness (QED) is 0.837. The molecule has 0 amide bonds. The number of benzene rings is 1. The van der Waals surface area contributed by atoms with Crippen molar-refractivity contribution in [2.24, 2.45) is 5.92 Å².